The summed E-state index contributed by atoms with van der Waals surface area (Å²) in [6, 6.07) is -0.191. The van der Waals surface area contributed by atoms with Crippen molar-refractivity contribution in [3.8, 4) is 0 Å². The summed E-state index contributed by atoms with van der Waals surface area (Å²) in [4.78, 5) is 21.6. The average Bonchev–Trinajstić information content (AvgIpc) is 2.29. The van der Waals surface area contributed by atoms with E-state index in [1.807, 2.05) is 14.0 Å². The molecule has 0 aromatic carbocycles. The van der Waals surface area contributed by atoms with Gasteiger partial charge in [0.25, 0.3) is 0 Å². The Kier molecular flexibility index (Phi) is 9.14. The molecule has 0 fully saturated rings. The highest BCUT2D eigenvalue weighted by molar-refractivity contribution is 5.73. The van der Waals surface area contributed by atoms with Crippen molar-refractivity contribution >= 4 is 12.0 Å². The van der Waals surface area contributed by atoms with Crippen molar-refractivity contribution in [3.63, 3.8) is 0 Å². The SMILES string of the molecule is CNCCCNC(=O)NCC(C)CCC(=O)O. The Balaban J connectivity index is 3.45. The van der Waals surface area contributed by atoms with Gasteiger partial charge in [-0.3, -0.25) is 4.79 Å². The fraction of sp³-hybridized carbons (Fsp3) is 0.818. The van der Waals surface area contributed by atoms with E-state index >= 15 is 0 Å². The number of hydrogen-bond donors (Lipinski definition) is 4. The second-order valence-corrected chi connectivity index (χ2v) is 4.13. The Bertz CT molecular complexity index is 234. The zero-order valence-corrected chi connectivity index (χ0v) is 10.6. The number of nitrogens with one attached hydrogen (secondary N) is 3. The molecule has 1 unspecified atom stereocenters. The van der Waals surface area contributed by atoms with Gasteiger partial charge in [0.15, 0.2) is 0 Å². The van der Waals surface area contributed by atoms with Gasteiger partial charge >= 0.3 is 12.0 Å². The standard InChI is InChI=1S/C11H23N3O3/c1-9(4-5-10(15)16)8-14-11(17)13-7-3-6-12-2/h9,12H,3-8H2,1-2H3,(H,15,16)(H2,13,14,17). The lowest BCUT2D eigenvalue weighted by Gasteiger charge is -2.12. The predicted molar refractivity (Wildman–Crippen MR) is 66.0 cm³/mol. The van der Waals surface area contributed by atoms with Crippen LogP contribution in [0.25, 0.3) is 0 Å². The van der Waals surface area contributed by atoms with E-state index in [2.05, 4.69) is 16.0 Å². The molecule has 0 aromatic rings. The molecule has 1 atom stereocenters. The summed E-state index contributed by atoms with van der Waals surface area (Å²) >= 11 is 0. The zero-order chi connectivity index (χ0) is 13.1. The lowest BCUT2D eigenvalue weighted by atomic mass is 10.1. The van der Waals surface area contributed by atoms with E-state index in [-0.39, 0.29) is 18.4 Å². The first-order valence-corrected chi connectivity index (χ1v) is 5.94. The molecule has 17 heavy (non-hydrogen) atoms. The highest BCUT2D eigenvalue weighted by Gasteiger charge is 2.07. The van der Waals surface area contributed by atoms with Crippen LogP contribution in [-0.2, 0) is 4.79 Å². The number of carbonyl (C=O) groups is 2. The summed E-state index contributed by atoms with van der Waals surface area (Å²) < 4.78 is 0. The second-order valence-electron chi connectivity index (χ2n) is 4.13. The van der Waals surface area contributed by atoms with Crippen LogP contribution in [0.15, 0.2) is 0 Å². The number of carbonyl (C=O) groups excluding carboxylic acids is 1. The Labute approximate surface area is 102 Å². The van der Waals surface area contributed by atoms with Gasteiger partial charge < -0.3 is 21.1 Å². The molecule has 0 heterocycles. The van der Waals surface area contributed by atoms with Gasteiger partial charge in [0, 0.05) is 19.5 Å². The first kappa shape index (κ1) is 15.7. The zero-order valence-electron chi connectivity index (χ0n) is 10.6. The van der Waals surface area contributed by atoms with Gasteiger partial charge in [-0.15, -0.1) is 0 Å². The molecule has 0 saturated heterocycles. The van der Waals surface area contributed by atoms with Gasteiger partial charge in [0.1, 0.15) is 0 Å². The van der Waals surface area contributed by atoms with E-state index in [4.69, 9.17) is 5.11 Å². The third-order valence-electron chi connectivity index (χ3n) is 2.35. The molecule has 6 heteroatoms. The first-order valence-electron chi connectivity index (χ1n) is 5.94. The van der Waals surface area contributed by atoms with E-state index < -0.39 is 5.97 Å². The summed E-state index contributed by atoms with van der Waals surface area (Å²) in [6.07, 6.45) is 1.61. The summed E-state index contributed by atoms with van der Waals surface area (Å²) in [5.41, 5.74) is 0. The molecule has 2 amide bonds. The van der Waals surface area contributed by atoms with Crippen molar-refractivity contribution < 1.29 is 14.7 Å². The number of aliphatic carboxylic acids is 1. The number of carboxylic acids is 1. The molecule has 0 aromatic heterocycles. The first-order chi connectivity index (χ1) is 8.06. The van der Waals surface area contributed by atoms with Crippen LogP contribution in [0.2, 0.25) is 0 Å². The Morgan fingerprint density at radius 2 is 1.94 bits per heavy atom. The highest BCUT2D eigenvalue weighted by atomic mass is 16.4. The van der Waals surface area contributed by atoms with Crippen LogP contribution in [0.4, 0.5) is 4.79 Å². The smallest absolute Gasteiger partial charge is 0.314 e. The number of amides is 2. The molecule has 0 bridgehead atoms. The van der Waals surface area contributed by atoms with E-state index in [1.165, 1.54) is 0 Å². The molecule has 4 N–H and O–H groups in total. The van der Waals surface area contributed by atoms with Crippen LogP contribution in [0.3, 0.4) is 0 Å². The third-order valence-corrected chi connectivity index (χ3v) is 2.35. The Morgan fingerprint density at radius 1 is 1.24 bits per heavy atom. The van der Waals surface area contributed by atoms with Crippen molar-refractivity contribution in [1.29, 1.82) is 0 Å². The fourth-order valence-corrected chi connectivity index (χ4v) is 1.27. The summed E-state index contributed by atoms with van der Waals surface area (Å²) in [5.74, 6) is -0.623. The van der Waals surface area contributed by atoms with Gasteiger partial charge in [-0.05, 0) is 32.4 Å². The number of urea groups is 1. The van der Waals surface area contributed by atoms with E-state index in [1.54, 1.807) is 0 Å². The average molecular weight is 245 g/mol. The predicted octanol–water partition coefficient (Wildman–Crippen LogP) is 0.396. The van der Waals surface area contributed by atoms with Gasteiger partial charge in [-0.2, -0.15) is 0 Å². The molecule has 0 spiro atoms. The third kappa shape index (κ3) is 11.0. The van der Waals surface area contributed by atoms with Gasteiger partial charge in [0.05, 0.1) is 0 Å². The van der Waals surface area contributed by atoms with E-state index in [0.717, 1.165) is 13.0 Å². The van der Waals surface area contributed by atoms with Crippen molar-refractivity contribution in [2.75, 3.05) is 26.7 Å². The summed E-state index contributed by atoms with van der Waals surface area (Å²) in [7, 11) is 1.87. The summed E-state index contributed by atoms with van der Waals surface area (Å²) in [5, 5.41) is 16.9. The molecular weight excluding hydrogens is 222 g/mol. The van der Waals surface area contributed by atoms with Gasteiger partial charge in [0.2, 0.25) is 0 Å². The molecule has 0 radical (unpaired) electrons. The summed E-state index contributed by atoms with van der Waals surface area (Å²) in [6.45, 7) is 3.93. The maximum Gasteiger partial charge on any atom is 0.314 e. The molecule has 0 aliphatic carbocycles. The minimum absolute atomic E-state index is 0.145. The molecule has 0 rings (SSSR count). The fourth-order valence-electron chi connectivity index (χ4n) is 1.27. The quantitative estimate of drug-likeness (QED) is 0.442. The monoisotopic (exact) mass is 245 g/mol. The minimum Gasteiger partial charge on any atom is -0.481 e. The molecule has 100 valence electrons. The molecular formula is C11H23N3O3. The van der Waals surface area contributed by atoms with Crippen LogP contribution >= 0.6 is 0 Å². The van der Waals surface area contributed by atoms with Crippen LogP contribution in [0.1, 0.15) is 26.2 Å². The molecule has 0 saturated carbocycles. The largest absolute Gasteiger partial charge is 0.481 e. The molecule has 0 aliphatic rings. The van der Waals surface area contributed by atoms with Crippen molar-refractivity contribution in [3.05, 3.63) is 0 Å². The lowest BCUT2D eigenvalue weighted by molar-refractivity contribution is -0.137. The van der Waals surface area contributed by atoms with Crippen LogP contribution in [0, 0.1) is 5.92 Å². The van der Waals surface area contributed by atoms with E-state index in [9.17, 15) is 9.59 Å². The number of carboxylic acid groups (broad SMARTS) is 1. The van der Waals surface area contributed by atoms with Gasteiger partial charge in [-0.25, -0.2) is 4.79 Å². The molecule has 0 aliphatic heterocycles. The lowest BCUT2D eigenvalue weighted by Crippen LogP contribution is -2.38. The van der Waals surface area contributed by atoms with Crippen LogP contribution < -0.4 is 16.0 Å². The van der Waals surface area contributed by atoms with Crippen molar-refractivity contribution in [2.24, 2.45) is 5.92 Å². The molecule has 6 nitrogen and oxygen atoms in total. The minimum atomic E-state index is -0.798. The maximum absolute atomic E-state index is 11.3. The van der Waals surface area contributed by atoms with Crippen LogP contribution in [0.5, 0.6) is 0 Å². The number of hydrogen-bond acceptors (Lipinski definition) is 3. The van der Waals surface area contributed by atoms with Crippen LogP contribution in [-0.4, -0.2) is 43.8 Å². The second kappa shape index (κ2) is 9.89. The Hall–Kier alpha value is -1.30. The van der Waals surface area contributed by atoms with Crippen molar-refractivity contribution in [2.45, 2.75) is 26.2 Å². The highest BCUT2D eigenvalue weighted by Crippen LogP contribution is 2.03. The maximum atomic E-state index is 11.3. The number of rotatable bonds is 9. The normalized spacial score (nSPS) is 11.9. The van der Waals surface area contributed by atoms with E-state index in [0.29, 0.717) is 19.5 Å². The van der Waals surface area contributed by atoms with Gasteiger partial charge in [-0.1, -0.05) is 6.92 Å². The Morgan fingerprint density at radius 3 is 2.53 bits per heavy atom. The topological polar surface area (TPSA) is 90.5 Å². The van der Waals surface area contributed by atoms with Crippen molar-refractivity contribution in [1.82, 2.24) is 16.0 Å².